The zero-order valence-corrected chi connectivity index (χ0v) is 23.6. The van der Waals surface area contributed by atoms with Crippen molar-refractivity contribution in [2.24, 2.45) is 7.05 Å². The van der Waals surface area contributed by atoms with Gasteiger partial charge in [-0.25, -0.2) is 9.37 Å². The number of halogens is 1. The lowest BCUT2D eigenvalue weighted by Gasteiger charge is -2.33. The first-order valence-electron chi connectivity index (χ1n) is 14.4. The third-order valence-electron chi connectivity index (χ3n) is 8.50. The third-order valence-corrected chi connectivity index (χ3v) is 8.50. The zero-order chi connectivity index (χ0) is 28.8. The molecule has 0 N–H and O–H groups in total. The summed E-state index contributed by atoms with van der Waals surface area (Å²) in [6, 6.07) is 26.5. The van der Waals surface area contributed by atoms with Gasteiger partial charge in [0.2, 0.25) is 0 Å². The molecule has 0 radical (unpaired) electrons. The van der Waals surface area contributed by atoms with Crippen molar-refractivity contribution in [1.29, 1.82) is 0 Å². The van der Waals surface area contributed by atoms with Gasteiger partial charge in [0.15, 0.2) is 0 Å². The predicted octanol–water partition coefficient (Wildman–Crippen LogP) is 6.75. The first-order valence-corrected chi connectivity index (χ1v) is 14.4. The summed E-state index contributed by atoms with van der Waals surface area (Å²) in [6.07, 6.45) is 3.45. The number of likely N-dealkylation sites (tertiary alicyclic amines) is 1. The number of carbonyl (C=O) groups is 1. The minimum absolute atomic E-state index is 0.0272. The van der Waals surface area contributed by atoms with E-state index in [1.54, 1.807) is 22.9 Å². The molecule has 6 aromatic rings. The van der Waals surface area contributed by atoms with E-state index in [-0.39, 0.29) is 23.7 Å². The van der Waals surface area contributed by atoms with Crippen molar-refractivity contribution in [3.63, 3.8) is 0 Å². The van der Waals surface area contributed by atoms with Crippen LogP contribution in [0.1, 0.15) is 53.6 Å². The van der Waals surface area contributed by atoms with Gasteiger partial charge in [-0.1, -0.05) is 42.5 Å². The number of aromatic nitrogens is 5. The Morgan fingerprint density at radius 2 is 1.69 bits per heavy atom. The SMILES string of the molecule is CC(c1ccccn1)n1c(C2CCN(C(=O)c3cccc4c(-c5ccccc5F)nn(C)c34)CC2)nc2ccccc21. The normalized spacial score (nSPS) is 15.0. The van der Waals surface area contributed by atoms with Gasteiger partial charge < -0.3 is 9.47 Å². The van der Waals surface area contributed by atoms with Gasteiger partial charge in [0, 0.05) is 43.2 Å². The number of imidazole rings is 1. The molecule has 1 saturated heterocycles. The van der Waals surface area contributed by atoms with Crippen LogP contribution in [0, 0.1) is 5.82 Å². The molecule has 0 bridgehead atoms. The van der Waals surface area contributed by atoms with Gasteiger partial charge in [0.1, 0.15) is 17.3 Å². The summed E-state index contributed by atoms with van der Waals surface area (Å²) in [5, 5.41) is 5.39. The maximum Gasteiger partial charge on any atom is 0.256 e. The molecule has 0 saturated carbocycles. The highest BCUT2D eigenvalue weighted by Crippen LogP contribution is 2.36. The number of hydrogen-bond donors (Lipinski definition) is 0. The summed E-state index contributed by atoms with van der Waals surface area (Å²) < 4.78 is 18.7. The number of piperidine rings is 1. The van der Waals surface area contributed by atoms with Crippen LogP contribution in [0.3, 0.4) is 0 Å². The van der Waals surface area contributed by atoms with Crippen molar-refractivity contribution < 1.29 is 9.18 Å². The third kappa shape index (κ3) is 4.34. The van der Waals surface area contributed by atoms with Crippen molar-refractivity contribution in [2.75, 3.05) is 13.1 Å². The summed E-state index contributed by atoms with van der Waals surface area (Å²) in [6.45, 7) is 3.42. The van der Waals surface area contributed by atoms with E-state index in [1.165, 1.54) is 6.07 Å². The van der Waals surface area contributed by atoms with E-state index in [0.717, 1.165) is 40.8 Å². The summed E-state index contributed by atoms with van der Waals surface area (Å²) in [5.41, 5.74) is 5.33. The molecule has 7 rings (SSSR count). The Morgan fingerprint density at radius 1 is 0.929 bits per heavy atom. The first-order chi connectivity index (χ1) is 20.5. The fourth-order valence-corrected chi connectivity index (χ4v) is 6.39. The number of carbonyl (C=O) groups excluding carboxylic acids is 1. The second-order valence-electron chi connectivity index (χ2n) is 11.0. The van der Waals surface area contributed by atoms with E-state index in [2.05, 4.69) is 39.8 Å². The van der Waals surface area contributed by atoms with Gasteiger partial charge in [-0.2, -0.15) is 5.10 Å². The van der Waals surface area contributed by atoms with Crippen LogP contribution >= 0.6 is 0 Å². The van der Waals surface area contributed by atoms with Gasteiger partial charge in [0.05, 0.1) is 33.8 Å². The summed E-state index contributed by atoms with van der Waals surface area (Å²) >= 11 is 0. The maximum absolute atomic E-state index is 14.6. The largest absolute Gasteiger partial charge is 0.339 e. The second kappa shape index (κ2) is 10.5. The van der Waals surface area contributed by atoms with Crippen molar-refractivity contribution in [1.82, 2.24) is 29.2 Å². The van der Waals surface area contributed by atoms with Crippen molar-refractivity contribution >= 4 is 27.8 Å². The molecule has 210 valence electrons. The lowest BCUT2D eigenvalue weighted by atomic mass is 9.94. The van der Waals surface area contributed by atoms with Gasteiger partial charge in [0.25, 0.3) is 5.91 Å². The van der Waals surface area contributed by atoms with E-state index in [9.17, 15) is 9.18 Å². The molecule has 1 amide bonds. The number of amides is 1. The Bertz CT molecular complexity index is 1920. The van der Waals surface area contributed by atoms with Gasteiger partial charge >= 0.3 is 0 Å². The quantitative estimate of drug-likeness (QED) is 0.235. The average Bonchev–Trinajstić information content (AvgIpc) is 3.59. The zero-order valence-electron chi connectivity index (χ0n) is 23.6. The van der Waals surface area contributed by atoms with Crippen molar-refractivity contribution in [2.45, 2.75) is 31.7 Å². The van der Waals surface area contributed by atoms with E-state index in [0.29, 0.717) is 35.4 Å². The number of pyridine rings is 1. The summed E-state index contributed by atoms with van der Waals surface area (Å²) in [7, 11) is 1.81. The fraction of sp³-hybridized carbons (Fsp3) is 0.235. The number of aryl methyl sites for hydroxylation is 1. The average molecular weight is 559 g/mol. The van der Waals surface area contributed by atoms with Crippen molar-refractivity contribution in [3.8, 4) is 11.3 Å². The maximum atomic E-state index is 14.6. The Kier molecular flexibility index (Phi) is 6.53. The Hall–Kier alpha value is -4.85. The molecule has 1 fully saturated rings. The molecule has 1 atom stereocenters. The number of benzene rings is 3. The molecule has 3 aromatic carbocycles. The van der Waals surface area contributed by atoms with E-state index in [4.69, 9.17) is 4.98 Å². The van der Waals surface area contributed by atoms with Crippen LogP contribution in [0.5, 0.6) is 0 Å². The molecule has 1 aliphatic rings. The monoisotopic (exact) mass is 558 g/mol. The van der Waals surface area contributed by atoms with Crippen molar-refractivity contribution in [3.05, 3.63) is 114 Å². The Balaban J connectivity index is 1.17. The molecule has 0 spiro atoms. The first kappa shape index (κ1) is 26.1. The molecule has 1 aliphatic heterocycles. The molecule has 7 nitrogen and oxygen atoms in total. The van der Waals surface area contributed by atoms with Crippen LogP contribution in [0.25, 0.3) is 33.2 Å². The van der Waals surface area contributed by atoms with Crippen LogP contribution in [0.15, 0.2) is 91.1 Å². The summed E-state index contributed by atoms with van der Waals surface area (Å²) in [5.74, 6) is 0.898. The number of rotatable bonds is 5. The molecule has 3 aromatic heterocycles. The topological polar surface area (TPSA) is 68.8 Å². The highest BCUT2D eigenvalue weighted by Gasteiger charge is 2.31. The molecular formula is C34H31FN6O. The number of hydrogen-bond acceptors (Lipinski definition) is 4. The van der Waals surface area contributed by atoms with Gasteiger partial charge in [-0.05, 0) is 62.2 Å². The highest BCUT2D eigenvalue weighted by molar-refractivity contribution is 6.08. The minimum Gasteiger partial charge on any atom is -0.339 e. The van der Waals surface area contributed by atoms with E-state index < -0.39 is 0 Å². The molecule has 42 heavy (non-hydrogen) atoms. The second-order valence-corrected chi connectivity index (χ2v) is 11.0. The van der Waals surface area contributed by atoms with E-state index in [1.807, 2.05) is 60.6 Å². The lowest BCUT2D eigenvalue weighted by molar-refractivity contribution is 0.0711. The molecule has 0 aliphatic carbocycles. The molecule has 1 unspecified atom stereocenters. The Labute approximate surface area is 243 Å². The van der Waals surface area contributed by atoms with Crippen LogP contribution in [-0.4, -0.2) is 48.2 Å². The molecule has 4 heterocycles. The minimum atomic E-state index is -0.334. The summed E-state index contributed by atoms with van der Waals surface area (Å²) in [4.78, 5) is 25.5. The van der Waals surface area contributed by atoms with E-state index >= 15 is 0 Å². The highest BCUT2D eigenvalue weighted by atomic mass is 19.1. The number of fused-ring (bicyclic) bond motifs is 2. The molecular weight excluding hydrogens is 527 g/mol. The van der Waals surface area contributed by atoms with Gasteiger partial charge in [-0.3, -0.25) is 14.5 Å². The number of nitrogens with zero attached hydrogens (tertiary/aromatic N) is 6. The van der Waals surface area contributed by atoms with Crippen LogP contribution in [0.4, 0.5) is 4.39 Å². The Morgan fingerprint density at radius 3 is 2.48 bits per heavy atom. The van der Waals surface area contributed by atoms with Gasteiger partial charge in [-0.15, -0.1) is 0 Å². The molecule has 8 heteroatoms. The number of para-hydroxylation sites is 3. The smallest absolute Gasteiger partial charge is 0.256 e. The predicted molar refractivity (Wildman–Crippen MR) is 162 cm³/mol. The van der Waals surface area contributed by atoms with Crippen LogP contribution in [-0.2, 0) is 7.05 Å². The van der Waals surface area contributed by atoms with Crippen LogP contribution in [0.2, 0.25) is 0 Å². The van der Waals surface area contributed by atoms with Crippen LogP contribution < -0.4 is 0 Å². The standard InChI is InChI=1S/C34H31FN6O/c1-22(28-14-7-8-19-36-28)41-30-16-6-5-15-29(30)37-33(41)23-17-20-40(21-18-23)34(42)26-12-9-11-25-31(38-39(2)32(25)26)24-10-3-4-13-27(24)35/h3-16,19,22-23H,17-18,20-21H2,1-2H3. The lowest BCUT2D eigenvalue weighted by Crippen LogP contribution is -2.38. The fourth-order valence-electron chi connectivity index (χ4n) is 6.39.